The number of hydrogen-bond donors (Lipinski definition) is 0. The molecule has 3 nitrogen and oxygen atoms in total. The minimum absolute atomic E-state index is 0.103. The van der Waals surface area contributed by atoms with Crippen molar-refractivity contribution in [3.8, 4) is 17.2 Å². The molecular weight excluding hydrogens is 288 g/mol. The molecule has 0 fully saturated rings. The van der Waals surface area contributed by atoms with Gasteiger partial charge in [-0.15, -0.1) is 11.6 Å². The molecule has 0 saturated carbocycles. The Hall–Kier alpha value is -1.87. The van der Waals surface area contributed by atoms with Crippen molar-refractivity contribution in [2.75, 3.05) is 20.3 Å². The molecule has 2 aromatic rings. The number of hydrogen-bond acceptors (Lipinski definition) is 3. The van der Waals surface area contributed by atoms with Crippen molar-refractivity contribution in [2.45, 2.75) is 11.8 Å². The topological polar surface area (TPSA) is 27.7 Å². The van der Waals surface area contributed by atoms with Crippen LogP contribution in [0.25, 0.3) is 0 Å². The van der Waals surface area contributed by atoms with E-state index in [1.807, 2.05) is 42.5 Å². The van der Waals surface area contributed by atoms with E-state index < -0.39 is 0 Å². The van der Waals surface area contributed by atoms with E-state index in [9.17, 15) is 0 Å². The third-order valence-corrected chi connectivity index (χ3v) is 3.91. The van der Waals surface area contributed by atoms with E-state index in [2.05, 4.69) is 0 Å². The summed E-state index contributed by atoms with van der Waals surface area (Å²) in [5.74, 6) is 2.42. The lowest BCUT2D eigenvalue weighted by molar-refractivity contribution is 0.171. The summed E-state index contributed by atoms with van der Waals surface area (Å²) in [7, 11) is 1.66. The van der Waals surface area contributed by atoms with Crippen molar-refractivity contribution >= 4 is 11.6 Å². The first-order valence-electron chi connectivity index (χ1n) is 6.93. The number of fused-ring (bicyclic) bond motifs is 1. The zero-order valence-electron chi connectivity index (χ0n) is 11.8. The SMILES string of the molecule is COc1ccc(CC(Cl)c2ccc3c(c2)OCCO3)cc1. The van der Waals surface area contributed by atoms with Gasteiger partial charge < -0.3 is 14.2 Å². The number of alkyl halides is 1. The second-order valence-corrected chi connectivity index (χ2v) is 5.45. The van der Waals surface area contributed by atoms with E-state index in [0.717, 1.165) is 29.2 Å². The molecule has 3 rings (SSSR count). The molecule has 1 aliphatic rings. The van der Waals surface area contributed by atoms with E-state index in [4.69, 9.17) is 25.8 Å². The first-order chi connectivity index (χ1) is 10.3. The zero-order chi connectivity index (χ0) is 14.7. The van der Waals surface area contributed by atoms with E-state index in [-0.39, 0.29) is 5.38 Å². The van der Waals surface area contributed by atoms with Gasteiger partial charge in [-0.2, -0.15) is 0 Å². The Kier molecular flexibility index (Phi) is 4.20. The van der Waals surface area contributed by atoms with E-state index >= 15 is 0 Å². The number of methoxy groups -OCH3 is 1. The van der Waals surface area contributed by atoms with Crippen LogP contribution in [0.4, 0.5) is 0 Å². The second kappa shape index (κ2) is 6.27. The molecule has 21 heavy (non-hydrogen) atoms. The standard InChI is InChI=1S/C17H17ClO3/c1-19-14-5-2-12(3-6-14)10-15(18)13-4-7-16-17(11-13)21-9-8-20-16/h2-7,11,15H,8-10H2,1H3. The van der Waals surface area contributed by atoms with Gasteiger partial charge in [-0.05, 0) is 41.8 Å². The molecule has 0 amide bonds. The highest BCUT2D eigenvalue weighted by molar-refractivity contribution is 6.21. The van der Waals surface area contributed by atoms with Crippen LogP contribution in [-0.4, -0.2) is 20.3 Å². The summed E-state index contributed by atoms with van der Waals surface area (Å²) >= 11 is 6.53. The normalized spacial score (nSPS) is 14.6. The molecule has 0 spiro atoms. The number of benzene rings is 2. The summed E-state index contributed by atoms with van der Waals surface area (Å²) in [6.07, 6.45) is 0.755. The molecule has 0 bridgehead atoms. The first-order valence-corrected chi connectivity index (χ1v) is 7.36. The maximum atomic E-state index is 6.53. The lowest BCUT2D eigenvalue weighted by Gasteiger charge is -2.20. The molecule has 0 aromatic heterocycles. The third kappa shape index (κ3) is 3.24. The predicted octanol–water partition coefficient (Wildman–Crippen LogP) is 3.99. The highest BCUT2D eigenvalue weighted by Crippen LogP contribution is 2.35. The predicted molar refractivity (Wildman–Crippen MR) is 82.7 cm³/mol. The molecule has 1 atom stereocenters. The van der Waals surface area contributed by atoms with Gasteiger partial charge in [0.25, 0.3) is 0 Å². The molecule has 2 aromatic carbocycles. The summed E-state index contributed by atoms with van der Waals surface area (Å²) < 4.78 is 16.3. The summed E-state index contributed by atoms with van der Waals surface area (Å²) in [4.78, 5) is 0. The molecule has 1 unspecified atom stereocenters. The molecular formula is C17H17ClO3. The maximum absolute atomic E-state index is 6.53. The van der Waals surface area contributed by atoms with Gasteiger partial charge in [-0.25, -0.2) is 0 Å². The molecule has 0 saturated heterocycles. The molecule has 1 aliphatic heterocycles. The highest BCUT2D eigenvalue weighted by Gasteiger charge is 2.16. The number of rotatable bonds is 4. The fraction of sp³-hybridized carbons (Fsp3) is 0.294. The van der Waals surface area contributed by atoms with Gasteiger partial charge in [0.15, 0.2) is 11.5 Å². The zero-order valence-corrected chi connectivity index (χ0v) is 12.6. The van der Waals surface area contributed by atoms with Gasteiger partial charge in [0, 0.05) is 0 Å². The smallest absolute Gasteiger partial charge is 0.161 e. The Labute approximate surface area is 129 Å². The number of ether oxygens (including phenoxy) is 3. The van der Waals surface area contributed by atoms with Crippen molar-refractivity contribution in [1.29, 1.82) is 0 Å². The minimum atomic E-state index is -0.103. The molecule has 110 valence electrons. The average Bonchev–Trinajstić information content (AvgIpc) is 2.55. The molecule has 0 aliphatic carbocycles. The van der Waals surface area contributed by atoms with Crippen molar-refractivity contribution < 1.29 is 14.2 Å². The van der Waals surface area contributed by atoms with Gasteiger partial charge in [-0.1, -0.05) is 18.2 Å². The van der Waals surface area contributed by atoms with Gasteiger partial charge in [0.05, 0.1) is 12.5 Å². The van der Waals surface area contributed by atoms with Crippen LogP contribution >= 0.6 is 11.6 Å². The summed E-state index contributed by atoms with van der Waals surface area (Å²) in [6, 6.07) is 13.8. The maximum Gasteiger partial charge on any atom is 0.161 e. The van der Waals surface area contributed by atoms with Crippen LogP contribution in [-0.2, 0) is 6.42 Å². The van der Waals surface area contributed by atoms with Crippen LogP contribution in [0.15, 0.2) is 42.5 Å². The second-order valence-electron chi connectivity index (χ2n) is 4.92. The van der Waals surface area contributed by atoms with Gasteiger partial charge in [0.2, 0.25) is 0 Å². The largest absolute Gasteiger partial charge is 0.497 e. The van der Waals surface area contributed by atoms with E-state index in [1.54, 1.807) is 7.11 Å². The Bertz CT molecular complexity index is 610. The minimum Gasteiger partial charge on any atom is -0.497 e. The Morgan fingerprint density at radius 1 is 1.05 bits per heavy atom. The van der Waals surface area contributed by atoms with Crippen LogP contribution in [0, 0.1) is 0 Å². The van der Waals surface area contributed by atoms with Crippen LogP contribution in [0.3, 0.4) is 0 Å². The van der Waals surface area contributed by atoms with Crippen LogP contribution in [0.1, 0.15) is 16.5 Å². The lowest BCUT2D eigenvalue weighted by Crippen LogP contribution is -2.15. The quantitative estimate of drug-likeness (QED) is 0.799. The molecule has 0 N–H and O–H groups in total. The van der Waals surface area contributed by atoms with Crippen molar-refractivity contribution in [3.63, 3.8) is 0 Å². The van der Waals surface area contributed by atoms with Crippen LogP contribution < -0.4 is 14.2 Å². The van der Waals surface area contributed by atoms with Gasteiger partial charge in [-0.3, -0.25) is 0 Å². The Balaban J connectivity index is 1.73. The Morgan fingerprint density at radius 2 is 1.76 bits per heavy atom. The monoisotopic (exact) mass is 304 g/mol. The third-order valence-electron chi connectivity index (χ3n) is 3.50. The fourth-order valence-electron chi connectivity index (χ4n) is 2.34. The summed E-state index contributed by atoms with van der Waals surface area (Å²) in [5.41, 5.74) is 2.21. The van der Waals surface area contributed by atoms with Crippen LogP contribution in [0.5, 0.6) is 17.2 Å². The number of halogens is 1. The Morgan fingerprint density at radius 3 is 2.48 bits per heavy atom. The lowest BCUT2D eigenvalue weighted by atomic mass is 10.0. The van der Waals surface area contributed by atoms with Crippen molar-refractivity contribution in [2.24, 2.45) is 0 Å². The highest BCUT2D eigenvalue weighted by atomic mass is 35.5. The summed E-state index contributed by atoms with van der Waals surface area (Å²) in [5, 5.41) is -0.103. The molecule has 0 radical (unpaired) electrons. The van der Waals surface area contributed by atoms with E-state index in [1.165, 1.54) is 5.56 Å². The van der Waals surface area contributed by atoms with E-state index in [0.29, 0.717) is 13.2 Å². The van der Waals surface area contributed by atoms with Gasteiger partial charge in [0.1, 0.15) is 19.0 Å². The molecule has 4 heteroatoms. The first kappa shape index (κ1) is 14.1. The van der Waals surface area contributed by atoms with Gasteiger partial charge >= 0.3 is 0 Å². The van der Waals surface area contributed by atoms with Crippen LogP contribution in [0.2, 0.25) is 0 Å². The molecule has 1 heterocycles. The van der Waals surface area contributed by atoms with Crippen molar-refractivity contribution in [1.82, 2.24) is 0 Å². The average molecular weight is 305 g/mol. The van der Waals surface area contributed by atoms with Crippen molar-refractivity contribution in [3.05, 3.63) is 53.6 Å². The summed E-state index contributed by atoms with van der Waals surface area (Å²) in [6.45, 7) is 1.18. The fourth-order valence-corrected chi connectivity index (χ4v) is 2.66.